The lowest BCUT2D eigenvalue weighted by Gasteiger charge is -2.15. The minimum Gasteiger partial charge on any atom is -0.488 e. The zero-order chi connectivity index (χ0) is 41.8. The molecule has 0 saturated heterocycles. The molecule has 0 atom stereocenters. The molecule has 8 rings (SSSR count). The lowest BCUT2D eigenvalue weighted by atomic mass is 9.96. The van der Waals surface area contributed by atoms with Gasteiger partial charge in [-0.3, -0.25) is 0 Å². The average molecular weight is 838 g/mol. The van der Waals surface area contributed by atoms with E-state index in [9.17, 15) is 9.59 Å². The summed E-state index contributed by atoms with van der Waals surface area (Å²) in [7, 11) is 0. The Morgan fingerprint density at radius 3 is 1.37 bits per heavy atom. The van der Waals surface area contributed by atoms with E-state index in [1.807, 2.05) is 128 Å². The van der Waals surface area contributed by atoms with E-state index in [2.05, 4.69) is 12.1 Å². The number of carboxylic acids is 1. The van der Waals surface area contributed by atoms with Crippen LogP contribution < -0.4 is 9.47 Å². The first kappa shape index (κ1) is 42.1. The standard InChI is InChI=1S/C27H25ClO3.C25H21ClO3/c1-2-30-27(29)21-13-11-20(12-14-21)23-9-6-10-24(23)25-17-22(28)15-16-26(25)31-18-19-7-4-3-5-8-19;26-20-13-14-24(29-16-17-5-2-1-3-6-17)23(15-20)22-8-4-7-21(22)18-9-11-19(12-10-18)25(27)28/h3-5,7-8,11-17H,2,6,9-10,18H2,1H3;1-3,5-6,9-15H,4,7-8,16H2,(H,27,28). The highest BCUT2D eigenvalue weighted by Crippen LogP contribution is 2.45. The molecule has 2 aliphatic rings. The molecule has 0 spiro atoms. The van der Waals surface area contributed by atoms with Crippen LogP contribution in [-0.4, -0.2) is 23.7 Å². The maximum Gasteiger partial charge on any atom is 0.338 e. The van der Waals surface area contributed by atoms with Crippen LogP contribution in [-0.2, 0) is 18.0 Å². The Hall–Kier alpha value is -6.08. The first-order chi connectivity index (χ1) is 29.3. The van der Waals surface area contributed by atoms with Crippen LogP contribution in [0, 0.1) is 0 Å². The summed E-state index contributed by atoms with van der Waals surface area (Å²) in [4.78, 5) is 23.1. The van der Waals surface area contributed by atoms with Crippen molar-refractivity contribution in [1.82, 2.24) is 0 Å². The van der Waals surface area contributed by atoms with Crippen molar-refractivity contribution in [2.24, 2.45) is 0 Å². The summed E-state index contributed by atoms with van der Waals surface area (Å²) >= 11 is 12.7. The van der Waals surface area contributed by atoms with Crippen LogP contribution in [0.3, 0.4) is 0 Å². The molecule has 304 valence electrons. The highest BCUT2D eigenvalue weighted by molar-refractivity contribution is 6.31. The predicted octanol–water partition coefficient (Wildman–Crippen LogP) is 13.9. The minimum atomic E-state index is -0.913. The number of hydrogen-bond donors (Lipinski definition) is 1. The number of halogens is 2. The number of carbonyl (C=O) groups is 2. The van der Waals surface area contributed by atoms with Gasteiger partial charge in [-0.1, -0.05) is 108 Å². The van der Waals surface area contributed by atoms with Crippen LogP contribution in [0.25, 0.3) is 22.3 Å². The molecule has 8 heteroatoms. The molecule has 0 unspecified atom stereocenters. The van der Waals surface area contributed by atoms with Gasteiger partial charge in [0.25, 0.3) is 0 Å². The van der Waals surface area contributed by atoms with Crippen molar-refractivity contribution in [2.75, 3.05) is 6.61 Å². The molecule has 0 aliphatic heterocycles. The number of esters is 1. The largest absolute Gasteiger partial charge is 0.488 e. The predicted molar refractivity (Wildman–Crippen MR) is 242 cm³/mol. The molecule has 6 nitrogen and oxygen atoms in total. The van der Waals surface area contributed by atoms with Crippen molar-refractivity contribution < 1.29 is 28.9 Å². The molecule has 6 aromatic carbocycles. The third-order valence-electron chi connectivity index (χ3n) is 10.7. The fourth-order valence-electron chi connectivity index (χ4n) is 7.75. The molecule has 6 aromatic rings. The van der Waals surface area contributed by atoms with Gasteiger partial charge in [0, 0.05) is 21.2 Å². The van der Waals surface area contributed by atoms with E-state index in [4.69, 9.17) is 42.5 Å². The first-order valence-corrected chi connectivity index (χ1v) is 21.0. The third-order valence-corrected chi connectivity index (χ3v) is 11.1. The normalized spacial score (nSPS) is 13.4. The van der Waals surface area contributed by atoms with E-state index in [-0.39, 0.29) is 5.97 Å². The van der Waals surface area contributed by atoms with E-state index in [1.54, 1.807) is 12.1 Å². The Morgan fingerprint density at radius 2 is 0.950 bits per heavy atom. The van der Waals surface area contributed by atoms with E-state index < -0.39 is 5.97 Å². The Kier molecular flexibility index (Phi) is 14.2. The first-order valence-electron chi connectivity index (χ1n) is 20.3. The molecular formula is C52H46Cl2O6. The Bertz CT molecular complexity index is 2490. The van der Waals surface area contributed by atoms with Crippen LogP contribution in [0.4, 0.5) is 0 Å². The summed E-state index contributed by atoms with van der Waals surface area (Å²) in [5.41, 5.74) is 12.3. The second kappa shape index (κ2) is 20.3. The van der Waals surface area contributed by atoms with E-state index in [0.717, 1.165) is 83.4 Å². The summed E-state index contributed by atoms with van der Waals surface area (Å²) in [6.45, 7) is 3.18. The van der Waals surface area contributed by atoms with Gasteiger partial charge in [-0.25, -0.2) is 9.59 Å². The van der Waals surface area contributed by atoms with Crippen LogP contribution >= 0.6 is 23.2 Å². The zero-order valence-corrected chi connectivity index (χ0v) is 35.0. The molecule has 0 fully saturated rings. The SMILES string of the molecule is CCOC(=O)c1ccc(C2=C(c3cc(Cl)ccc3OCc3ccccc3)CCC2)cc1.O=C(O)c1ccc(C2=C(c3cc(Cl)ccc3OCc3ccccc3)CCC2)cc1. The molecule has 0 aromatic heterocycles. The lowest BCUT2D eigenvalue weighted by molar-refractivity contribution is 0.0525. The van der Waals surface area contributed by atoms with Gasteiger partial charge in [0.15, 0.2) is 0 Å². The summed E-state index contributed by atoms with van der Waals surface area (Å²) in [6, 6.07) is 46.5. The average Bonchev–Trinajstić information content (AvgIpc) is 3.98. The number of ether oxygens (including phenoxy) is 3. The molecule has 0 amide bonds. The van der Waals surface area contributed by atoms with Crippen LogP contribution in [0.1, 0.15) is 99.5 Å². The third kappa shape index (κ3) is 10.6. The Balaban J connectivity index is 0.000000182. The van der Waals surface area contributed by atoms with Crippen LogP contribution in [0.5, 0.6) is 11.5 Å². The van der Waals surface area contributed by atoms with Crippen molar-refractivity contribution >= 4 is 57.4 Å². The van der Waals surface area contributed by atoms with Gasteiger partial charge < -0.3 is 19.3 Å². The van der Waals surface area contributed by atoms with Crippen molar-refractivity contribution in [2.45, 2.75) is 58.7 Å². The summed E-state index contributed by atoms with van der Waals surface area (Å²) in [5, 5.41) is 10.5. The van der Waals surface area contributed by atoms with E-state index >= 15 is 0 Å². The van der Waals surface area contributed by atoms with Gasteiger partial charge in [0.2, 0.25) is 0 Å². The maximum absolute atomic E-state index is 12.0. The van der Waals surface area contributed by atoms with Gasteiger partial charge in [-0.15, -0.1) is 0 Å². The highest BCUT2D eigenvalue weighted by atomic mass is 35.5. The van der Waals surface area contributed by atoms with Gasteiger partial charge in [0.1, 0.15) is 24.7 Å². The molecule has 2 aliphatic carbocycles. The lowest BCUT2D eigenvalue weighted by Crippen LogP contribution is -2.04. The number of rotatable bonds is 13. The molecule has 0 bridgehead atoms. The van der Waals surface area contributed by atoms with Crippen LogP contribution in [0.15, 0.2) is 146 Å². The topological polar surface area (TPSA) is 82.1 Å². The fraction of sp³-hybridized carbons (Fsp3) is 0.192. The summed E-state index contributed by atoms with van der Waals surface area (Å²) in [6.07, 6.45) is 5.98. The number of carboxylic acid groups (broad SMARTS) is 1. The summed E-state index contributed by atoms with van der Waals surface area (Å²) < 4.78 is 17.4. The van der Waals surface area contributed by atoms with Crippen molar-refractivity contribution in [3.63, 3.8) is 0 Å². The maximum atomic E-state index is 12.0. The van der Waals surface area contributed by atoms with Gasteiger partial charge in [-0.2, -0.15) is 0 Å². The van der Waals surface area contributed by atoms with Crippen molar-refractivity contribution in [3.8, 4) is 11.5 Å². The number of carbonyl (C=O) groups excluding carboxylic acids is 1. The summed E-state index contributed by atoms with van der Waals surface area (Å²) in [5.74, 6) is 0.449. The molecule has 0 radical (unpaired) electrons. The Labute approximate surface area is 361 Å². The smallest absolute Gasteiger partial charge is 0.338 e. The number of hydrogen-bond acceptors (Lipinski definition) is 5. The minimum absolute atomic E-state index is 0.291. The second-order valence-electron chi connectivity index (χ2n) is 14.6. The van der Waals surface area contributed by atoms with Crippen LogP contribution in [0.2, 0.25) is 10.0 Å². The molecule has 1 N–H and O–H groups in total. The Morgan fingerprint density at radius 1 is 0.533 bits per heavy atom. The molecule has 60 heavy (non-hydrogen) atoms. The van der Waals surface area contributed by atoms with E-state index in [0.29, 0.717) is 41.0 Å². The molecular weight excluding hydrogens is 791 g/mol. The molecule has 0 heterocycles. The molecule has 0 saturated carbocycles. The van der Waals surface area contributed by atoms with Gasteiger partial charge in [-0.05, 0) is 151 Å². The zero-order valence-electron chi connectivity index (χ0n) is 33.5. The van der Waals surface area contributed by atoms with E-state index in [1.165, 1.54) is 22.3 Å². The van der Waals surface area contributed by atoms with Gasteiger partial charge in [0.05, 0.1) is 17.7 Å². The number of aromatic carboxylic acids is 1. The fourth-order valence-corrected chi connectivity index (χ4v) is 8.10. The van der Waals surface area contributed by atoms with Gasteiger partial charge >= 0.3 is 11.9 Å². The highest BCUT2D eigenvalue weighted by Gasteiger charge is 2.23. The monoisotopic (exact) mass is 836 g/mol. The van der Waals surface area contributed by atoms with Crippen molar-refractivity contribution in [1.29, 1.82) is 0 Å². The number of allylic oxidation sites excluding steroid dienone is 4. The second-order valence-corrected chi connectivity index (χ2v) is 15.5. The number of benzene rings is 6. The quantitative estimate of drug-likeness (QED) is 0.117. The van der Waals surface area contributed by atoms with Crippen molar-refractivity contribution in [3.05, 3.63) is 200 Å².